The molecule has 0 amide bonds. The first-order chi connectivity index (χ1) is 10.2. The summed E-state index contributed by atoms with van der Waals surface area (Å²) in [6, 6.07) is 6.45. The molecule has 110 valence electrons. The molecular formula is C16H21N5. The van der Waals surface area contributed by atoms with Crippen LogP contribution in [0, 0.1) is 13.8 Å². The van der Waals surface area contributed by atoms with Crippen LogP contribution in [0.5, 0.6) is 0 Å². The second-order valence-electron chi connectivity index (χ2n) is 5.43. The van der Waals surface area contributed by atoms with E-state index >= 15 is 0 Å². The third-order valence-corrected chi connectivity index (χ3v) is 3.70. The first-order valence-corrected chi connectivity index (χ1v) is 7.44. The summed E-state index contributed by atoms with van der Waals surface area (Å²) >= 11 is 0. The van der Waals surface area contributed by atoms with E-state index in [9.17, 15) is 0 Å². The van der Waals surface area contributed by atoms with Crippen LogP contribution in [0.4, 0.5) is 5.82 Å². The van der Waals surface area contributed by atoms with Crippen LogP contribution in [-0.2, 0) is 0 Å². The minimum atomic E-state index is 0.699. The summed E-state index contributed by atoms with van der Waals surface area (Å²) in [6.45, 7) is 7.34. The second kappa shape index (κ2) is 5.60. The quantitative estimate of drug-likeness (QED) is 0.704. The molecule has 0 spiro atoms. The summed E-state index contributed by atoms with van der Waals surface area (Å²) in [5, 5.41) is 6.62. The van der Waals surface area contributed by atoms with E-state index in [0.29, 0.717) is 5.78 Å². The molecule has 0 fully saturated rings. The van der Waals surface area contributed by atoms with Gasteiger partial charge in [-0.1, -0.05) is 31.0 Å². The molecule has 0 radical (unpaired) electrons. The molecule has 0 aliphatic rings. The van der Waals surface area contributed by atoms with Gasteiger partial charge in [-0.05, 0) is 31.9 Å². The van der Waals surface area contributed by atoms with Gasteiger partial charge in [0.05, 0.1) is 0 Å². The van der Waals surface area contributed by atoms with Crippen molar-refractivity contribution in [3.05, 3.63) is 35.7 Å². The Kier molecular flexibility index (Phi) is 3.64. The van der Waals surface area contributed by atoms with Crippen LogP contribution in [0.15, 0.2) is 24.5 Å². The molecule has 21 heavy (non-hydrogen) atoms. The van der Waals surface area contributed by atoms with Gasteiger partial charge in [-0.3, -0.25) is 5.10 Å². The third-order valence-electron chi connectivity index (χ3n) is 3.70. The highest BCUT2D eigenvalue weighted by molar-refractivity contribution is 5.77. The molecule has 2 aromatic heterocycles. The van der Waals surface area contributed by atoms with E-state index in [1.807, 2.05) is 4.52 Å². The number of benzene rings is 1. The van der Waals surface area contributed by atoms with Gasteiger partial charge in [0.25, 0.3) is 5.78 Å². The molecule has 2 heterocycles. The van der Waals surface area contributed by atoms with Crippen molar-refractivity contribution in [2.45, 2.75) is 33.6 Å². The molecule has 1 aromatic carbocycles. The van der Waals surface area contributed by atoms with Crippen LogP contribution in [0.3, 0.4) is 0 Å². The molecule has 5 heteroatoms. The van der Waals surface area contributed by atoms with E-state index in [2.05, 4.69) is 59.4 Å². The number of imidazole rings is 1. The topological polar surface area (TPSA) is 58.0 Å². The average Bonchev–Trinajstić information content (AvgIpc) is 3.04. The Morgan fingerprint density at radius 1 is 1.29 bits per heavy atom. The first-order valence-electron chi connectivity index (χ1n) is 7.44. The monoisotopic (exact) mass is 283 g/mol. The molecule has 0 aliphatic heterocycles. The summed E-state index contributed by atoms with van der Waals surface area (Å²) in [5.41, 5.74) is 4.58. The molecule has 5 nitrogen and oxygen atoms in total. The summed E-state index contributed by atoms with van der Waals surface area (Å²) in [6.07, 6.45) is 3.96. The number of anilines is 1. The predicted octanol–water partition coefficient (Wildman–Crippen LogP) is 3.55. The first kappa shape index (κ1) is 13.7. The Bertz CT molecular complexity index is 753. The van der Waals surface area contributed by atoms with Gasteiger partial charge in [0, 0.05) is 12.1 Å². The molecule has 0 aliphatic carbocycles. The lowest BCUT2D eigenvalue weighted by molar-refractivity contribution is 0.824. The highest BCUT2D eigenvalue weighted by Gasteiger charge is 2.17. The number of hydrogen-bond donors (Lipinski definition) is 2. The van der Waals surface area contributed by atoms with Gasteiger partial charge >= 0.3 is 0 Å². The fourth-order valence-corrected chi connectivity index (χ4v) is 2.49. The van der Waals surface area contributed by atoms with Gasteiger partial charge < -0.3 is 5.32 Å². The molecule has 0 saturated heterocycles. The number of nitrogens with one attached hydrogen (secondary N) is 2. The number of aromatic amines is 1. The Hall–Kier alpha value is -2.30. The van der Waals surface area contributed by atoms with Gasteiger partial charge in [0.1, 0.15) is 12.0 Å². The molecule has 2 N–H and O–H groups in total. The third kappa shape index (κ3) is 2.51. The molecule has 3 aromatic rings. The number of nitrogens with zero attached hydrogens (tertiary/aromatic N) is 3. The molecule has 0 unspecified atom stereocenters. The molecule has 3 rings (SSSR count). The number of hydrogen-bond acceptors (Lipinski definition) is 3. The van der Waals surface area contributed by atoms with E-state index in [1.54, 1.807) is 6.33 Å². The smallest absolute Gasteiger partial charge is 0.252 e. The maximum Gasteiger partial charge on any atom is 0.252 e. The number of fused-ring (bicyclic) bond motifs is 1. The summed E-state index contributed by atoms with van der Waals surface area (Å²) in [5.74, 6) is 1.69. The maximum atomic E-state index is 4.68. The lowest BCUT2D eigenvalue weighted by atomic mass is 10.0. The van der Waals surface area contributed by atoms with Crippen molar-refractivity contribution in [2.75, 3.05) is 11.9 Å². The number of aromatic nitrogens is 4. The van der Waals surface area contributed by atoms with E-state index in [-0.39, 0.29) is 0 Å². The SMILES string of the molecule is CCCCNc1c(-c2cc(C)ccc2C)nc2nc[nH]n12. The lowest BCUT2D eigenvalue weighted by Crippen LogP contribution is -2.05. The number of aryl methyl sites for hydroxylation is 2. The van der Waals surface area contributed by atoms with E-state index in [1.165, 1.54) is 11.1 Å². The largest absolute Gasteiger partial charge is 0.368 e. The Labute approximate surface area is 124 Å². The number of H-pyrrole nitrogens is 1. The maximum absolute atomic E-state index is 4.68. The van der Waals surface area contributed by atoms with Gasteiger partial charge in [0.2, 0.25) is 0 Å². The Morgan fingerprint density at radius 3 is 2.95 bits per heavy atom. The summed E-state index contributed by atoms with van der Waals surface area (Å²) < 4.78 is 1.91. The van der Waals surface area contributed by atoms with Crippen LogP contribution in [0.2, 0.25) is 0 Å². The van der Waals surface area contributed by atoms with Crippen LogP contribution in [-0.4, -0.2) is 26.1 Å². The zero-order chi connectivity index (χ0) is 14.8. The van der Waals surface area contributed by atoms with Crippen LogP contribution >= 0.6 is 0 Å². The number of unbranched alkanes of at least 4 members (excludes halogenated alkanes) is 1. The van der Waals surface area contributed by atoms with Crippen LogP contribution in [0.1, 0.15) is 30.9 Å². The molecule has 0 bridgehead atoms. The highest BCUT2D eigenvalue weighted by atomic mass is 15.4. The summed E-state index contributed by atoms with van der Waals surface area (Å²) in [7, 11) is 0. The number of rotatable bonds is 5. The fraction of sp³-hybridized carbons (Fsp3) is 0.375. The Morgan fingerprint density at radius 2 is 2.14 bits per heavy atom. The van der Waals surface area contributed by atoms with Crippen molar-refractivity contribution in [1.29, 1.82) is 0 Å². The minimum absolute atomic E-state index is 0.699. The van der Waals surface area contributed by atoms with Crippen molar-refractivity contribution < 1.29 is 0 Å². The van der Waals surface area contributed by atoms with Crippen molar-refractivity contribution in [1.82, 2.24) is 19.6 Å². The van der Waals surface area contributed by atoms with Gasteiger partial charge in [0.15, 0.2) is 5.82 Å². The molecular weight excluding hydrogens is 262 g/mol. The van der Waals surface area contributed by atoms with E-state index in [4.69, 9.17) is 0 Å². The molecule has 0 atom stereocenters. The zero-order valence-electron chi connectivity index (χ0n) is 12.8. The van der Waals surface area contributed by atoms with Crippen molar-refractivity contribution in [3.8, 4) is 11.3 Å². The minimum Gasteiger partial charge on any atom is -0.368 e. The lowest BCUT2D eigenvalue weighted by Gasteiger charge is -2.09. The van der Waals surface area contributed by atoms with Gasteiger partial charge in [-0.25, -0.2) is 14.5 Å². The fourth-order valence-electron chi connectivity index (χ4n) is 2.49. The predicted molar refractivity (Wildman–Crippen MR) is 85.6 cm³/mol. The van der Waals surface area contributed by atoms with Gasteiger partial charge in [-0.15, -0.1) is 0 Å². The van der Waals surface area contributed by atoms with Crippen molar-refractivity contribution in [3.63, 3.8) is 0 Å². The normalized spacial score (nSPS) is 11.2. The van der Waals surface area contributed by atoms with Crippen molar-refractivity contribution >= 4 is 11.6 Å². The van der Waals surface area contributed by atoms with E-state index < -0.39 is 0 Å². The zero-order valence-corrected chi connectivity index (χ0v) is 12.8. The van der Waals surface area contributed by atoms with Gasteiger partial charge in [-0.2, -0.15) is 0 Å². The van der Waals surface area contributed by atoms with Crippen LogP contribution in [0.25, 0.3) is 17.0 Å². The Balaban J connectivity index is 2.10. The van der Waals surface area contributed by atoms with Crippen LogP contribution < -0.4 is 5.32 Å². The standard InChI is InChI=1S/C16H21N5/c1-4-5-8-17-15-14(20-16-18-10-19-21(15)16)13-9-11(2)6-7-12(13)3/h6-7,9-10,17H,4-5,8H2,1-3H3,(H,18,19,20). The second-order valence-corrected chi connectivity index (χ2v) is 5.43. The molecule has 0 saturated carbocycles. The summed E-state index contributed by atoms with van der Waals surface area (Å²) in [4.78, 5) is 8.94. The average molecular weight is 283 g/mol. The highest BCUT2D eigenvalue weighted by Crippen LogP contribution is 2.30. The van der Waals surface area contributed by atoms with Crippen molar-refractivity contribution in [2.24, 2.45) is 0 Å². The van der Waals surface area contributed by atoms with E-state index in [0.717, 1.165) is 36.5 Å².